The molecule has 32 heavy (non-hydrogen) atoms. The normalized spacial score (nSPS) is 16.9. The van der Waals surface area contributed by atoms with Crippen molar-refractivity contribution in [2.45, 2.75) is 44.9 Å². The number of benzene rings is 2. The standard InChI is InChI=1S/C26H24NO4.K/c1-15(28)26(16(2)29,22-24(30)20-9-3-4-10-21(20)25(22)31)19-13-17-7-5-11-27-12-6-8-18(14-19)23(17)27;/h3-4,9-10,13-14H,5-8,11-12H2,1-2H3;/q-1;+1. The monoisotopic (exact) mass is 453 g/mol. The Bertz CT molecular complexity index is 1090. The molecule has 3 aliphatic rings. The van der Waals surface area contributed by atoms with E-state index >= 15 is 0 Å². The summed E-state index contributed by atoms with van der Waals surface area (Å²) in [5, 5.41) is 0. The van der Waals surface area contributed by atoms with Gasteiger partial charge in [-0.2, -0.15) is 0 Å². The zero-order valence-electron chi connectivity index (χ0n) is 18.8. The maximum absolute atomic E-state index is 13.4. The van der Waals surface area contributed by atoms with Crippen molar-refractivity contribution in [3.8, 4) is 0 Å². The van der Waals surface area contributed by atoms with E-state index in [0.717, 1.165) is 49.9 Å². The zero-order valence-corrected chi connectivity index (χ0v) is 21.9. The summed E-state index contributed by atoms with van der Waals surface area (Å²) >= 11 is 0. The number of carbonyl (C=O) groups excluding carboxylic acids is 4. The fourth-order valence-corrected chi connectivity index (χ4v) is 5.76. The molecule has 5 nitrogen and oxygen atoms in total. The summed E-state index contributed by atoms with van der Waals surface area (Å²) in [4.78, 5) is 55.6. The fourth-order valence-electron chi connectivity index (χ4n) is 5.76. The number of hydrogen-bond acceptors (Lipinski definition) is 5. The van der Waals surface area contributed by atoms with E-state index in [9.17, 15) is 19.2 Å². The number of anilines is 1. The van der Waals surface area contributed by atoms with Gasteiger partial charge in [0.15, 0.2) is 0 Å². The Morgan fingerprint density at radius 3 is 1.78 bits per heavy atom. The Balaban J connectivity index is 0.00000245. The van der Waals surface area contributed by atoms with Gasteiger partial charge < -0.3 is 14.5 Å². The minimum atomic E-state index is -1.88. The van der Waals surface area contributed by atoms with Crippen LogP contribution in [-0.4, -0.2) is 36.2 Å². The molecule has 0 saturated carbocycles. The number of ketones is 4. The van der Waals surface area contributed by atoms with Gasteiger partial charge in [-0.3, -0.25) is 9.59 Å². The van der Waals surface area contributed by atoms with E-state index in [4.69, 9.17) is 0 Å². The molecule has 0 aromatic heterocycles. The number of rotatable bonds is 4. The Morgan fingerprint density at radius 1 is 0.875 bits per heavy atom. The van der Waals surface area contributed by atoms with Gasteiger partial charge in [0.2, 0.25) is 0 Å². The molecule has 0 radical (unpaired) electrons. The van der Waals surface area contributed by atoms with Gasteiger partial charge >= 0.3 is 51.4 Å². The first-order valence-electron chi connectivity index (χ1n) is 10.9. The Kier molecular flexibility index (Phi) is 6.37. The maximum atomic E-state index is 13.4. The second-order valence-electron chi connectivity index (χ2n) is 8.78. The molecule has 0 spiro atoms. The molecule has 0 amide bonds. The summed E-state index contributed by atoms with van der Waals surface area (Å²) in [5.74, 6) is -2.22. The molecule has 1 aliphatic carbocycles. The topological polar surface area (TPSA) is 71.5 Å². The van der Waals surface area contributed by atoms with E-state index in [-0.39, 0.29) is 68.4 Å². The van der Waals surface area contributed by atoms with Crippen molar-refractivity contribution < 1.29 is 70.6 Å². The van der Waals surface area contributed by atoms with Crippen LogP contribution in [0.4, 0.5) is 5.69 Å². The molecule has 0 unspecified atom stereocenters. The molecule has 2 aliphatic heterocycles. The first-order valence-corrected chi connectivity index (χ1v) is 10.9. The minimum absolute atomic E-state index is 0. The second kappa shape index (κ2) is 8.65. The number of Topliss-reactive ketones (excluding diaryl/α,β-unsaturated/α-hetero) is 4. The van der Waals surface area contributed by atoms with Crippen LogP contribution >= 0.6 is 0 Å². The summed E-state index contributed by atoms with van der Waals surface area (Å²) in [6.45, 7) is 4.64. The Labute approximate surface area is 230 Å². The van der Waals surface area contributed by atoms with Gasteiger partial charge in [0.1, 0.15) is 11.6 Å². The molecule has 5 rings (SSSR count). The average molecular weight is 454 g/mol. The first kappa shape index (κ1) is 23.6. The third-order valence-corrected chi connectivity index (χ3v) is 7.07. The second-order valence-corrected chi connectivity index (χ2v) is 8.78. The van der Waals surface area contributed by atoms with E-state index in [0.29, 0.717) is 5.56 Å². The predicted octanol–water partition coefficient (Wildman–Crippen LogP) is 0.459. The summed E-state index contributed by atoms with van der Waals surface area (Å²) in [5.41, 5.74) is 2.52. The van der Waals surface area contributed by atoms with Crippen molar-refractivity contribution in [3.05, 3.63) is 70.1 Å². The van der Waals surface area contributed by atoms with Crippen LogP contribution in [0.15, 0.2) is 36.4 Å². The summed E-state index contributed by atoms with van der Waals surface area (Å²) in [6, 6.07) is 10.3. The van der Waals surface area contributed by atoms with Crippen LogP contribution in [0, 0.1) is 5.92 Å². The van der Waals surface area contributed by atoms with Crippen LogP contribution in [0.3, 0.4) is 0 Å². The molecular weight excluding hydrogens is 429 g/mol. The average Bonchev–Trinajstić information content (AvgIpc) is 3.00. The van der Waals surface area contributed by atoms with E-state index in [1.165, 1.54) is 19.5 Å². The van der Waals surface area contributed by atoms with E-state index in [1.807, 2.05) is 12.1 Å². The molecule has 0 fully saturated rings. The van der Waals surface area contributed by atoms with Crippen molar-refractivity contribution in [1.29, 1.82) is 0 Å². The van der Waals surface area contributed by atoms with Gasteiger partial charge in [0.05, 0.1) is 17.0 Å². The molecule has 2 heterocycles. The van der Waals surface area contributed by atoms with E-state index in [2.05, 4.69) is 4.90 Å². The van der Waals surface area contributed by atoms with Crippen LogP contribution < -0.4 is 56.3 Å². The van der Waals surface area contributed by atoms with Gasteiger partial charge in [-0.15, -0.1) is 23.3 Å². The van der Waals surface area contributed by atoms with E-state index < -0.39 is 28.5 Å². The van der Waals surface area contributed by atoms with Crippen molar-refractivity contribution in [3.63, 3.8) is 0 Å². The molecule has 0 saturated heterocycles. The SMILES string of the molecule is CC(=O)C(C(C)=O)(c1cc2c3c(c1)CCCN3CCC2)[C-]1C(=O)c2ccccc2C1=O.[K+]. The molecule has 0 N–H and O–H groups in total. The Hall–Kier alpha value is -1.57. The van der Waals surface area contributed by atoms with Gasteiger partial charge in [-0.1, -0.05) is 24.3 Å². The summed E-state index contributed by atoms with van der Waals surface area (Å²) in [6.07, 6.45) is 3.72. The van der Waals surface area contributed by atoms with Crippen molar-refractivity contribution in [2.24, 2.45) is 0 Å². The molecule has 0 bridgehead atoms. The largest absolute Gasteiger partial charge is 1.00 e. The number of carbonyl (C=O) groups is 4. The third kappa shape index (κ3) is 3.22. The molecular formula is C26H24KNO4. The molecule has 2 aromatic rings. The van der Waals surface area contributed by atoms with Crippen LogP contribution in [0.25, 0.3) is 0 Å². The maximum Gasteiger partial charge on any atom is 1.00 e. The van der Waals surface area contributed by atoms with Crippen LogP contribution in [0.5, 0.6) is 0 Å². The van der Waals surface area contributed by atoms with Gasteiger partial charge in [-0.05, 0) is 62.1 Å². The van der Waals surface area contributed by atoms with Crippen molar-refractivity contribution >= 4 is 28.8 Å². The summed E-state index contributed by atoms with van der Waals surface area (Å²) in [7, 11) is 0. The van der Waals surface area contributed by atoms with E-state index in [1.54, 1.807) is 24.3 Å². The minimum Gasteiger partial charge on any atom is -0.371 e. The number of hydrogen-bond donors (Lipinski definition) is 0. The van der Waals surface area contributed by atoms with Crippen molar-refractivity contribution in [1.82, 2.24) is 0 Å². The van der Waals surface area contributed by atoms with Gasteiger partial charge in [-0.25, -0.2) is 0 Å². The Morgan fingerprint density at radius 2 is 1.34 bits per heavy atom. The molecule has 0 atom stereocenters. The summed E-state index contributed by atoms with van der Waals surface area (Å²) < 4.78 is 0. The quantitative estimate of drug-likeness (QED) is 0.382. The van der Waals surface area contributed by atoms with Crippen LogP contribution in [0.1, 0.15) is 64.1 Å². The first-order chi connectivity index (χ1) is 14.9. The number of aryl methyl sites for hydroxylation is 2. The molecule has 6 heteroatoms. The van der Waals surface area contributed by atoms with Crippen LogP contribution in [-0.2, 0) is 27.8 Å². The molecule has 158 valence electrons. The number of fused-ring (bicyclic) bond motifs is 1. The fraction of sp³-hybridized carbons (Fsp3) is 0.346. The van der Waals surface area contributed by atoms with Gasteiger partial charge in [0, 0.05) is 18.8 Å². The predicted molar refractivity (Wildman–Crippen MR) is 117 cm³/mol. The third-order valence-electron chi connectivity index (χ3n) is 7.07. The molecule has 2 aromatic carbocycles. The van der Waals surface area contributed by atoms with Crippen molar-refractivity contribution in [2.75, 3.05) is 18.0 Å². The zero-order chi connectivity index (χ0) is 21.9. The van der Waals surface area contributed by atoms with Crippen LogP contribution in [0.2, 0.25) is 0 Å². The number of nitrogens with zero attached hydrogens (tertiary/aromatic N) is 1. The van der Waals surface area contributed by atoms with Gasteiger partial charge in [0.25, 0.3) is 0 Å². The smallest absolute Gasteiger partial charge is 0.371 e.